The van der Waals surface area contributed by atoms with Gasteiger partial charge in [0.1, 0.15) is 5.75 Å². The van der Waals surface area contributed by atoms with E-state index in [0.29, 0.717) is 23.7 Å². The highest BCUT2D eigenvalue weighted by molar-refractivity contribution is 6.30. The van der Waals surface area contributed by atoms with Gasteiger partial charge in [0.05, 0.1) is 29.6 Å². The van der Waals surface area contributed by atoms with Crippen molar-refractivity contribution in [2.75, 3.05) is 11.9 Å². The van der Waals surface area contributed by atoms with Gasteiger partial charge in [-0.2, -0.15) is 13.2 Å². The molecular weight excluding hydrogens is 469 g/mol. The minimum atomic E-state index is -4.69. The molecule has 0 radical (unpaired) electrons. The van der Waals surface area contributed by atoms with Crippen molar-refractivity contribution in [1.82, 2.24) is 4.98 Å². The second-order valence-electron chi connectivity index (χ2n) is 7.17. The van der Waals surface area contributed by atoms with Crippen molar-refractivity contribution < 1.29 is 27.1 Å². The zero-order valence-corrected chi connectivity index (χ0v) is 18.6. The van der Waals surface area contributed by atoms with E-state index in [9.17, 15) is 18.0 Å². The third kappa shape index (κ3) is 5.07. The van der Waals surface area contributed by atoms with E-state index >= 15 is 0 Å². The van der Waals surface area contributed by atoms with Crippen molar-refractivity contribution in [1.29, 1.82) is 0 Å². The molecule has 9 heteroatoms. The lowest BCUT2D eigenvalue weighted by Gasteiger charge is -2.15. The van der Waals surface area contributed by atoms with E-state index in [2.05, 4.69) is 10.3 Å². The van der Waals surface area contributed by atoms with Crippen LogP contribution in [0.25, 0.3) is 22.8 Å². The number of aromatic nitrogens is 1. The lowest BCUT2D eigenvalue weighted by molar-refractivity contribution is -0.136. The first-order valence-corrected chi connectivity index (χ1v) is 10.6. The summed E-state index contributed by atoms with van der Waals surface area (Å²) >= 11 is 5.72. The van der Waals surface area contributed by atoms with Crippen molar-refractivity contribution in [3.8, 4) is 28.5 Å². The molecule has 0 aliphatic heterocycles. The largest absolute Gasteiger partial charge is 0.494 e. The Hall–Kier alpha value is -3.78. The lowest BCUT2D eigenvalue weighted by Crippen LogP contribution is -2.17. The maximum absolute atomic E-state index is 13.4. The third-order valence-electron chi connectivity index (χ3n) is 4.89. The normalized spacial score (nSPS) is 11.3. The average molecular weight is 487 g/mol. The molecule has 0 bridgehead atoms. The van der Waals surface area contributed by atoms with Gasteiger partial charge in [-0.3, -0.25) is 4.79 Å². The van der Waals surface area contributed by atoms with Gasteiger partial charge in [0, 0.05) is 16.1 Å². The molecule has 0 aliphatic rings. The molecular formula is C25H18ClF3N2O3. The first-order chi connectivity index (χ1) is 16.3. The summed E-state index contributed by atoms with van der Waals surface area (Å²) in [4.78, 5) is 17.2. The average Bonchev–Trinajstić information content (AvgIpc) is 3.30. The highest BCUT2D eigenvalue weighted by atomic mass is 35.5. The summed E-state index contributed by atoms with van der Waals surface area (Å²) in [6, 6.07) is 16.7. The monoisotopic (exact) mass is 486 g/mol. The molecule has 3 aromatic carbocycles. The van der Waals surface area contributed by atoms with Gasteiger partial charge in [-0.1, -0.05) is 23.7 Å². The SMILES string of the molecule is CCOc1ccc(-c2cnc(-c3ccccc3C(=O)Nc3ccc(Cl)cc3C(F)(F)F)o2)cc1. The maximum atomic E-state index is 13.4. The molecule has 0 atom stereocenters. The number of amides is 1. The molecule has 0 saturated carbocycles. The van der Waals surface area contributed by atoms with E-state index in [1.54, 1.807) is 30.3 Å². The number of carbonyl (C=O) groups is 1. The van der Waals surface area contributed by atoms with Crippen LogP contribution in [0.5, 0.6) is 5.75 Å². The van der Waals surface area contributed by atoms with Crippen LogP contribution in [-0.2, 0) is 6.18 Å². The van der Waals surface area contributed by atoms with E-state index in [-0.39, 0.29) is 16.5 Å². The summed E-state index contributed by atoms with van der Waals surface area (Å²) in [5.74, 6) is 0.588. The van der Waals surface area contributed by atoms with Crippen LogP contribution in [0.3, 0.4) is 0 Å². The van der Waals surface area contributed by atoms with Crippen LogP contribution in [-0.4, -0.2) is 17.5 Å². The Morgan fingerprint density at radius 1 is 1.09 bits per heavy atom. The number of rotatable bonds is 6. The number of oxazole rings is 1. The van der Waals surface area contributed by atoms with E-state index < -0.39 is 23.3 Å². The molecule has 0 saturated heterocycles. The van der Waals surface area contributed by atoms with E-state index in [0.717, 1.165) is 17.7 Å². The number of ether oxygens (including phenoxy) is 1. The number of alkyl halides is 3. The van der Waals surface area contributed by atoms with Gasteiger partial charge < -0.3 is 14.5 Å². The van der Waals surface area contributed by atoms with E-state index in [1.165, 1.54) is 18.3 Å². The quantitative estimate of drug-likeness (QED) is 0.310. The summed E-state index contributed by atoms with van der Waals surface area (Å²) in [6.07, 6.45) is -3.18. The first kappa shape index (κ1) is 23.4. The molecule has 0 spiro atoms. The van der Waals surface area contributed by atoms with Gasteiger partial charge >= 0.3 is 6.18 Å². The van der Waals surface area contributed by atoms with Crippen LogP contribution in [0.4, 0.5) is 18.9 Å². The fraction of sp³-hybridized carbons (Fsp3) is 0.120. The number of halogens is 4. The topological polar surface area (TPSA) is 64.4 Å². The van der Waals surface area contributed by atoms with Crippen molar-refractivity contribution >= 4 is 23.2 Å². The molecule has 174 valence electrons. The van der Waals surface area contributed by atoms with Gasteiger partial charge in [-0.15, -0.1) is 0 Å². The van der Waals surface area contributed by atoms with Crippen LogP contribution in [0.2, 0.25) is 5.02 Å². The number of nitrogens with one attached hydrogen (secondary N) is 1. The van der Waals surface area contributed by atoms with Crippen molar-refractivity contribution in [3.63, 3.8) is 0 Å². The van der Waals surface area contributed by atoms with Gasteiger partial charge in [0.25, 0.3) is 5.91 Å². The minimum absolute atomic E-state index is 0.0904. The number of hydrogen-bond donors (Lipinski definition) is 1. The third-order valence-corrected chi connectivity index (χ3v) is 5.13. The molecule has 0 fully saturated rings. The summed E-state index contributed by atoms with van der Waals surface area (Å²) < 4.78 is 51.5. The highest BCUT2D eigenvalue weighted by Crippen LogP contribution is 2.37. The van der Waals surface area contributed by atoms with Gasteiger partial charge in [0.15, 0.2) is 5.76 Å². The van der Waals surface area contributed by atoms with Crippen LogP contribution in [0, 0.1) is 0 Å². The zero-order chi connectivity index (χ0) is 24.3. The molecule has 0 unspecified atom stereocenters. The summed E-state index contributed by atoms with van der Waals surface area (Å²) in [5.41, 5.74) is -0.260. The van der Waals surface area contributed by atoms with Crippen LogP contribution >= 0.6 is 11.6 Å². The Balaban J connectivity index is 1.63. The molecule has 34 heavy (non-hydrogen) atoms. The Kier molecular flexibility index (Phi) is 6.61. The molecule has 0 aliphatic carbocycles. The molecule has 1 aromatic heterocycles. The Morgan fingerprint density at radius 2 is 1.82 bits per heavy atom. The van der Waals surface area contributed by atoms with Crippen LogP contribution in [0.1, 0.15) is 22.8 Å². The van der Waals surface area contributed by atoms with Gasteiger partial charge in [0.2, 0.25) is 5.89 Å². The van der Waals surface area contributed by atoms with Crippen molar-refractivity contribution in [3.05, 3.63) is 89.1 Å². The smallest absolute Gasteiger partial charge is 0.418 e. The summed E-state index contributed by atoms with van der Waals surface area (Å²) in [7, 11) is 0. The number of hydrogen-bond acceptors (Lipinski definition) is 4. The van der Waals surface area contributed by atoms with Crippen LogP contribution < -0.4 is 10.1 Å². The lowest BCUT2D eigenvalue weighted by atomic mass is 10.1. The second-order valence-corrected chi connectivity index (χ2v) is 7.61. The number of benzene rings is 3. The predicted molar refractivity (Wildman–Crippen MR) is 123 cm³/mol. The fourth-order valence-electron chi connectivity index (χ4n) is 3.33. The Labute approximate surface area is 198 Å². The molecule has 4 rings (SSSR count). The molecule has 1 N–H and O–H groups in total. The second kappa shape index (κ2) is 9.61. The first-order valence-electron chi connectivity index (χ1n) is 10.2. The number of anilines is 1. The molecule has 5 nitrogen and oxygen atoms in total. The maximum Gasteiger partial charge on any atom is 0.418 e. The number of carbonyl (C=O) groups excluding carboxylic acids is 1. The van der Waals surface area contributed by atoms with Gasteiger partial charge in [-0.05, 0) is 61.5 Å². The van der Waals surface area contributed by atoms with Crippen molar-refractivity contribution in [2.45, 2.75) is 13.1 Å². The molecule has 1 amide bonds. The van der Waals surface area contributed by atoms with E-state index in [1.807, 2.05) is 19.1 Å². The minimum Gasteiger partial charge on any atom is -0.494 e. The van der Waals surface area contributed by atoms with Crippen LogP contribution in [0.15, 0.2) is 77.3 Å². The van der Waals surface area contributed by atoms with Crippen molar-refractivity contribution in [2.24, 2.45) is 0 Å². The molecule has 4 aromatic rings. The zero-order valence-electron chi connectivity index (χ0n) is 17.8. The Morgan fingerprint density at radius 3 is 2.53 bits per heavy atom. The molecule has 1 heterocycles. The fourth-order valence-corrected chi connectivity index (χ4v) is 3.50. The van der Waals surface area contributed by atoms with E-state index in [4.69, 9.17) is 20.8 Å². The Bertz CT molecular complexity index is 1320. The highest BCUT2D eigenvalue weighted by Gasteiger charge is 2.34. The number of nitrogens with zero attached hydrogens (tertiary/aromatic N) is 1. The van der Waals surface area contributed by atoms with Gasteiger partial charge in [-0.25, -0.2) is 4.98 Å². The standard InChI is InChI=1S/C25H18ClF3N2O3/c1-2-33-17-10-7-15(8-11-17)22-14-30-24(34-22)19-6-4-3-5-18(19)23(32)31-21-12-9-16(26)13-20(21)25(27,28)29/h3-14H,2H2,1H3,(H,31,32). The predicted octanol–water partition coefficient (Wildman–Crippen LogP) is 7.33. The summed E-state index contributed by atoms with van der Waals surface area (Å²) in [5, 5.41) is 2.24. The summed E-state index contributed by atoms with van der Waals surface area (Å²) in [6.45, 7) is 2.44.